The summed E-state index contributed by atoms with van der Waals surface area (Å²) in [6, 6.07) is 13.8. The van der Waals surface area contributed by atoms with Crippen LogP contribution in [0.4, 0.5) is 0 Å². The summed E-state index contributed by atoms with van der Waals surface area (Å²) >= 11 is 6.36. The maximum atomic E-state index is 12.7. The molecule has 137 valence electrons. The Morgan fingerprint density at radius 3 is 2.62 bits per heavy atom. The largest absolute Gasteiger partial charge is 0.296 e. The average molecular weight is 391 g/mol. The SMILES string of the molecule is CCc1nc2cc(S(=O)(=O)NC(C)(C)C)c(Cl)cc2n1-c1c[c]ccc1. The number of benzene rings is 2. The van der Waals surface area contributed by atoms with Gasteiger partial charge in [-0.1, -0.05) is 30.7 Å². The molecule has 3 aromatic rings. The molecule has 2 aromatic carbocycles. The van der Waals surface area contributed by atoms with E-state index >= 15 is 0 Å². The number of hydrogen-bond acceptors (Lipinski definition) is 3. The minimum atomic E-state index is -3.75. The van der Waals surface area contributed by atoms with E-state index in [4.69, 9.17) is 11.6 Å². The Morgan fingerprint density at radius 2 is 2.04 bits per heavy atom. The Bertz CT molecular complexity index is 1050. The highest BCUT2D eigenvalue weighted by Gasteiger charge is 2.26. The monoisotopic (exact) mass is 390 g/mol. The second-order valence-electron chi connectivity index (χ2n) is 7.11. The molecule has 3 rings (SSSR count). The van der Waals surface area contributed by atoms with Crippen molar-refractivity contribution in [2.75, 3.05) is 0 Å². The Balaban J connectivity index is 2.23. The van der Waals surface area contributed by atoms with E-state index in [0.717, 1.165) is 17.0 Å². The van der Waals surface area contributed by atoms with Crippen molar-refractivity contribution in [2.45, 2.75) is 44.6 Å². The van der Waals surface area contributed by atoms with Crippen molar-refractivity contribution in [3.8, 4) is 5.69 Å². The third-order valence-corrected chi connectivity index (χ3v) is 6.00. The van der Waals surface area contributed by atoms with E-state index in [-0.39, 0.29) is 9.92 Å². The van der Waals surface area contributed by atoms with Crippen LogP contribution in [0.15, 0.2) is 41.3 Å². The van der Waals surface area contributed by atoms with Gasteiger partial charge in [-0.05, 0) is 51.1 Å². The highest BCUT2D eigenvalue weighted by Crippen LogP contribution is 2.30. The number of imidazole rings is 1. The van der Waals surface area contributed by atoms with Crippen molar-refractivity contribution >= 4 is 32.7 Å². The summed E-state index contributed by atoms with van der Waals surface area (Å²) in [7, 11) is -3.75. The lowest BCUT2D eigenvalue weighted by Crippen LogP contribution is -2.40. The smallest absolute Gasteiger partial charge is 0.242 e. The molecule has 0 amide bonds. The Morgan fingerprint density at radius 1 is 1.31 bits per heavy atom. The molecule has 0 aliphatic carbocycles. The minimum Gasteiger partial charge on any atom is -0.296 e. The van der Waals surface area contributed by atoms with E-state index in [0.29, 0.717) is 11.9 Å². The van der Waals surface area contributed by atoms with Gasteiger partial charge >= 0.3 is 0 Å². The van der Waals surface area contributed by atoms with Gasteiger partial charge in [0.2, 0.25) is 10.0 Å². The number of halogens is 1. The number of sulfonamides is 1. The summed E-state index contributed by atoms with van der Waals surface area (Å²) in [6.07, 6.45) is 0.698. The summed E-state index contributed by atoms with van der Waals surface area (Å²) < 4.78 is 30.0. The van der Waals surface area contributed by atoms with Crippen LogP contribution in [0, 0.1) is 6.07 Å². The molecular weight excluding hydrogens is 370 g/mol. The van der Waals surface area contributed by atoms with E-state index in [2.05, 4.69) is 15.8 Å². The summed E-state index contributed by atoms with van der Waals surface area (Å²) in [4.78, 5) is 4.65. The number of nitrogens with one attached hydrogen (secondary N) is 1. The summed E-state index contributed by atoms with van der Waals surface area (Å²) in [5, 5.41) is 0.165. The van der Waals surface area contributed by atoms with Crippen molar-refractivity contribution in [3.63, 3.8) is 0 Å². The normalized spacial score (nSPS) is 12.7. The predicted octanol–water partition coefficient (Wildman–Crippen LogP) is 4.12. The first-order valence-electron chi connectivity index (χ1n) is 8.34. The standard InChI is InChI=1S/C19H21ClN3O2S/c1-5-18-21-15-12-17(26(24,25)22-19(2,3)4)14(20)11-16(15)23(18)13-9-7-6-8-10-13/h6-7,9-12,22H,5H2,1-4H3. The zero-order chi connectivity index (χ0) is 19.1. The molecule has 5 nitrogen and oxygen atoms in total. The average Bonchev–Trinajstić information content (AvgIpc) is 2.90. The Kier molecular flexibility index (Phi) is 4.86. The third kappa shape index (κ3) is 3.63. The van der Waals surface area contributed by atoms with Gasteiger partial charge in [0.05, 0.1) is 16.1 Å². The lowest BCUT2D eigenvalue weighted by molar-refractivity contribution is 0.491. The number of rotatable bonds is 4. The molecule has 0 fully saturated rings. The lowest BCUT2D eigenvalue weighted by atomic mass is 10.1. The van der Waals surface area contributed by atoms with E-state index in [9.17, 15) is 8.42 Å². The summed E-state index contributed by atoms with van der Waals surface area (Å²) in [6.45, 7) is 7.36. The summed E-state index contributed by atoms with van der Waals surface area (Å²) in [5.74, 6) is 0.828. The van der Waals surface area contributed by atoms with Crippen LogP contribution in [0.1, 0.15) is 33.5 Å². The van der Waals surface area contributed by atoms with Crippen LogP contribution in [0.3, 0.4) is 0 Å². The number of aromatic nitrogens is 2. The van der Waals surface area contributed by atoms with E-state index in [1.54, 1.807) is 26.8 Å². The van der Waals surface area contributed by atoms with Gasteiger partial charge in [0.1, 0.15) is 10.7 Å². The van der Waals surface area contributed by atoms with Gasteiger partial charge in [0.25, 0.3) is 0 Å². The van der Waals surface area contributed by atoms with Crippen LogP contribution < -0.4 is 4.72 Å². The van der Waals surface area contributed by atoms with Gasteiger partial charge in [-0.15, -0.1) is 0 Å². The van der Waals surface area contributed by atoms with Crippen LogP contribution in [0.5, 0.6) is 0 Å². The van der Waals surface area contributed by atoms with Crippen LogP contribution >= 0.6 is 11.6 Å². The number of fused-ring (bicyclic) bond motifs is 1. The second kappa shape index (κ2) is 6.68. The first kappa shape index (κ1) is 18.9. The fraction of sp³-hybridized carbons (Fsp3) is 0.316. The van der Waals surface area contributed by atoms with E-state index < -0.39 is 15.6 Å². The van der Waals surface area contributed by atoms with Crippen molar-refractivity contribution in [3.05, 3.63) is 53.3 Å². The first-order valence-corrected chi connectivity index (χ1v) is 10.2. The van der Waals surface area contributed by atoms with Crippen LogP contribution in [-0.4, -0.2) is 23.5 Å². The van der Waals surface area contributed by atoms with E-state index in [1.165, 1.54) is 6.07 Å². The van der Waals surface area contributed by atoms with Crippen molar-refractivity contribution in [1.82, 2.24) is 14.3 Å². The predicted molar refractivity (Wildman–Crippen MR) is 104 cm³/mol. The van der Waals surface area contributed by atoms with Gasteiger partial charge in [0, 0.05) is 17.6 Å². The van der Waals surface area contributed by atoms with Gasteiger partial charge in [-0.3, -0.25) is 4.57 Å². The lowest BCUT2D eigenvalue weighted by Gasteiger charge is -2.20. The molecule has 1 aromatic heterocycles. The van der Waals surface area contributed by atoms with Gasteiger partial charge < -0.3 is 0 Å². The van der Waals surface area contributed by atoms with Crippen molar-refractivity contribution in [1.29, 1.82) is 0 Å². The molecule has 1 heterocycles. The van der Waals surface area contributed by atoms with Gasteiger partial charge in [-0.2, -0.15) is 0 Å². The Labute approximate surface area is 159 Å². The molecule has 26 heavy (non-hydrogen) atoms. The number of aryl methyl sites for hydroxylation is 1. The topological polar surface area (TPSA) is 64.0 Å². The second-order valence-corrected chi connectivity index (χ2v) is 9.16. The molecule has 1 N–H and O–H groups in total. The third-order valence-electron chi connectivity index (χ3n) is 3.77. The van der Waals surface area contributed by atoms with Gasteiger partial charge in [-0.25, -0.2) is 18.1 Å². The zero-order valence-corrected chi connectivity index (χ0v) is 16.7. The molecule has 0 saturated carbocycles. The molecule has 1 radical (unpaired) electrons. The van der Waals surface area contributed by atoms with Crippen LogP contribution in [-0.2, 0) is 16.4 Å². The maximum Gasteiger partial charge on any atom is 0.242 e. The molecule has 0 aliphatic rings. The molecule has 7 heteroatoms. The van der Waals surface area contributed by atoms with Gasteiger partial charge in [0.15, 0.2) is 0 Å². The van der Waals surface area contributed by atoms with Crippen LogP contribution in [0.25, 0.3) is 16.7 Å². The molecule has 0 aliphatic heterocycles. The molecule has 0 spiro atoms. The molecule has 0 saturated heterocycles. The van der Waals surface area contributed by atoms with Crippen LogP contribution in [0.2, 0.25) is 5.02 Å². The van der Waals surface area contributed by atoms with Crippen molar-refractivity contribution in [2.24, 2.45) is 0 Å². The molecular formula is C19H21ClN3O2S. The first-order chi connectivity index (χ1) is 12.1. The maximum absolute atomic E-state index is 12.7. The fourth-order valence-corrected chi connectivity index (χ4v) is 4.80. The summed E-state index contributed by atoms with van der Waals surface area (Å²) in [5.41, 5.74) is 1.65. The minimum absolute atomic E-state index is 0.0357. The molecule has 0 unspecified atom stereocenters. The Hall–Kier alpha value is -1.89. The quantitative estimate of drug-likeness (QED) is 0.728. The highest BCUT2D eigenvalue weighted by molar-refractivity contribution is 7.89. The molecule has 0 atom stereocenters. The number of nitrogens with zero attached hydrogens (tertiary/aromatic N) is 2. The number of hydrogen-bond donors (Lipinski definition) is 1. The fourth-order valence-electron chi connectivity index (χ4n) is 2.84. The van der Waals surface area contributed by atoms with Crippen molar-refractivity contribution < 1.29 is 8.42 Å². The molecule has 0 bridgehead atoms. The highest BCUT2D eigenvalue weighted by atomic mass is 35.5. The van der Waals surface area contributed by atoms with E-state index in [1.807, 2.05) is 35.8 Å². The zero-order valence-electron chi connectivity index (χ0n) is 15.2.